The van der Waals surface area contributed by atoms with Gasteiger partial charge in [-0.3, -0.25) is 9.80 Å². The second-order valence-electron chi connectivity index (χ2n) is 4.86. The molecule has 1 N–H and O–H groups in total. The molecular weight excluding hydrogens is 320 g/mol. The highest BCUT2D eigenvalue weighted by atomic mass is 16.6. The lowest BCUT2D eigenvalue weighted by molar-refractivity contribution is -0.130. The molecule has 0 aromatic carbocycles. The van der Waals surface area contributed by atoms with Gasteiger partial charge in [0.05, 0.1) is 39.0 Å². The van der Waals surface area contributed by atoms with Crippen molar-refractivity contribution in [2.45, 2.75) is 19.4 Å². The van der Waals surface area contributed by atoms with Crippen LogP contribution in [0.2, 0.25) is 0 Å². The van der Waals surface area contributed by atoms with Crippen LogP contribution in [0.4, 0.5) is 4.79 Å². The summed E-state index contributed by atoms with van der Waals surface area (Å²) in [4.78, 5) is 21.4. The lowest BCUT2D eigenvalue weighted by atomic mass is 10.2. The maximum Gasteiger partial charge on any atom is 0.407 e. The maximum absolute atomic E-state index is 11.5. The number of hydrogen-bond donors (Lipinski definition) is 1. The number of hydrogen-bond acceptors (Lipinski definition) is 9. The molecule has 0 bridgehead atoms. The molecule has 1 rings (SSSR count). The van der Waals surface area contributed by atoms with Gasteiger partial charge in [0.15, 0.2) is 0 Å². The van der Waals surface area contributed by atoms with Crippen LogP contribution in [0.25, 0.3) is 0 Å². The Kier molecular flexibility index (Phi) is 11.3. The van der Waals surface area contributed by atoms with Gasteiger partial charge in [-0.1, -0.05) is 5.22 Å². The first-order valence-electron chi connectivity index (χ1n) is 8.03. The Morgan fingerprint density at radius 1 is 1.25 bits per heavy atom. The molecule has 0 fully saturated rings. The molecule has 1 unspecified atom stereocenters. The Labute approximate surface area is 141 Å². The van der Waals surface area contributed by atoms with Crippen LogP contribution in [0.15, 0.2) is 10.3 Å². The van der Waals surface area contributed by atoms with Crippen molar-refractivity contribution < 1.29 is 28.5 Å². The predicted octanol–water partition coefficient (Wildman–Crippen LogP) is 0.380. The number of alkyl carbamates (subject to hydrolysis) is 1. The summed E-state index contributed by atoms with van der Waals surface area (Å²) in [6, 6.07) is 0.128. The van der Waals surface area contributed by atoms with Gasteiger partial charge in [0, 0.05) is 13.2 Å². The minimum absolute atomic E-state index is 0.128. The third-order valence-electron chi connectivity index (χ3n) is 3.18. The monoisotopic (exact) mass is 346 g/mol. The van der Waals surface area contributed by atoms with Crippen LogP contribution >= 0.6 is 0 Å². The molecule has 10 nitrogen and oxygen atoms in total. The number of nitrogens with one attached hydrogen (secondary N) is 1. The van der Waals surface area contributed by atoms with Gasteiger partial charge < -0.3 is 24.3 Å². The second kappa shape index (κ2) is 13.5. The van der Waals surface area contributed by atoms with Crippen molar-refractivity contribution in [2.75, 3.05) is 59.3 Å². The minimum Gasteiger partial charge on any atom is -0.465 e. The van der Waals surface area contributed by atoms with E-state index in [4.69, 9.17) is 14.2 Å². The standard InChI is InChI=1S/C14H26N4O6/c1-2-21-9-10-24-14(20)15-4-3-13-11-16-17-18(13)5-6-22-7-8-23-12-19/h12-13H,2-11H2,1H3,(H,15,20). The fraction of sp³-hybridized carbons (Fsp3) is 0.857. The molecule has 0 aromatic rings. The fourth-order valence-corrected chi connectivity index (χ4v) is 1.99. The lowest BCUT2D eigenvalue weighted by Crippen LogP contribution is -2.36. The van der Waals surface area contributed by atoms with E-state index in [0.717, 1.165) is 0 Å². The zero-order valence-electron chi connectivity index (χ0n) is 14.0. The van der Waals surface area contributed by atoms with E-state index in [0.29, 0.717) is 59.0 Å². The minimum atomic E-state index is -0.452. The summed E-state index contributed by atoms with van der Waals surface area (Å²) in [7, 11) is 0. The molecule has 10 heteroatoms. The quantitative estimate of drug-likeness (QED) is 0.357. The van der Waals surface area contributed by atoms with Gasteiger partial charge in [0.25, 0.3) is 6.47 Å². The molecule has 0 aromatic heterocycles. The summed E-state index contributed by atoms with van der Waals surface area (Å²) < 4.78 is 19.9. The van der Waals surface area contributed by atoms with E-state index >= 15 is 0 Å². The predicted molar refractivity (Wildman–Crippen MR) is 83.5 cm³/mol. The Hall–Kier alpha value is -1.94. The van der Waals surface area contributed by atoms with Crippen molar-refractivity contribution in [3.63, 3.8) is 0 Å². The molecule has 1 aliphatic heterocycles. The van der Waals surface area contributed by atoms with Gasteiger partial charge in [-0.2, -0.15) is 5.11 Å². The summed E-state index contributed by atoms with van der Waals surface area (Å²) in [6.07, 6.45) is 0.258. The van der Waals surface area contributed by atoms with Crippen LogP contribution in [0.3, 0.4) is 0 Å². The molecular formula is C14H26N4O6. The highest BCUT2D eigenvalue weighted by molar-refractivity contribution is 5.66. The molecule has 138 valence electrons. The van der Waals surface area contributed by atoms with E-state index in [2.05, 4.69) is 20.4 Å². The van der Waals surface area contributed by atoms with Crippen LogP contribution in [-0.4, -0.2) is 82.9 Å². The molecule has 0 saturated carbocycles. The van der Waals surface area contributed by atoms with Gasteiger partial charge in [0.1, 0.15) is 13.2 Å². The van der Waals surface area contributed by atoms with Crippen molar-refractivity contribution >= 4 is 12.6 Å². The smallest absolute Gasteiger partial charge is 0.407 e. The largest absolute Gasteiger partial charge is 0.465 e. The molecule has 1 atom stereocenters. The van der Waals surface area contributed by atoms with Gasteiger partial charge in [-0.25, -0.2) is 4.79 Å². The lowest BCUT2D eigenvalue weighted by Gasteiger charge is -2.21. The van der Waals surface area contributed by atoms with Gasteiger partial charge in [0.2, 0.25) is 0 Å². The summed E-state index contributed by atoms with van der Waals surface area (Å²) in [6.45, 7) is 6.23. The average Bonchev–Trinajstić information content (AvgIpc) is 3.02. The van der Waals surface area contributed by atoms with Crippen LogP contribution in [0, 0.1) is 0 Å². The van der Waals surface area contributed by atoms with Crippen LogP contribution < -0.4 is 5.32 Å². The van der Waals surface area contributed by atoms with E-state index < -0.39 is 6.09 Å². The van der Waals surface area contributed by atoms with Gasteiger partial charge in [-0.15, -0.1) is 0 Å². The first kappa shape index (κ1) is 20.1. The first-order valence-corrected chi connectivity index (χ1v) is 8.03. The van der Waals surface area contributed by atoms with Gasteiger partial charge in [-0.05, 0) is 13.3 Å². The summed E-state index contributed by atoms with van der Waals surface area (Å²) >= 11 is 0. The van der Waals surface area contributed by atoms with Gasteiger partial charge >= 0.3 is 6.09 Å². The molecule has 1 heterocycles. The zero-order valence-corrected chi connectivity index (χ0v) is 14.0. The van der Waals surface area contributed by atoms with E-state index in [-0.39, 0.29) is 19.3 Å². The molecule has 0 saturated heterocycles. The van der Waals surface area contributed by atoms with Crippen LogP contribution in [-0.2, 0) is 23.7 Å². The van der Waals surface area contributed by atoms with Crippen molar-refractivity contribution in [3.8, 4) is 0 Å². The molecule has 0 aliphatic carbocycles. The molecule has 1 aliphatic rings. The summed E-state index contributed by atoms with van der Waals surface area (Å²) in [5.74, 6) is 0. The van der Waals surface area contributed by atoms with Crippen LogP contribution in [0.1, 0.15) is 13.3 Å². The summed E-state index contributed by atoms with van der Waals surface area (Å²) in [5.41, 5.74) is 0. The molecule has 0 spiro atoms. The Morgan fingerprint density at radius 3 is 2.88 bits per heavy atom. The second-order valence-corrected chi connectivity index (χ2v) is 4.86. The number of nitrogens with zero attached hydrogens (tertiary/aromatic N) is 3. The SMILES string of the molecule is CCOCCOC(=O)NCCC1CN=NN1CCOCCOC=O. The van der Waals surface area contributed by atoms with E-state index in [1.54, 1.807) is 0 Å². The number of ether oxygens (including phenoxy) is 4. The van der Waals surface area contributed by atoms with Crippen molar-refractivity contribution in [2.24, 2.45) is 10.3 Å². The number of carbonyl (C=O) groups excluding carboxylic acids is 2. The highest BCUT2D eigenvalue weighted by Crippen LogP contribution is 2.12. The van der Waals surface area contributed by atoms with Crippen molar-refractivity contribution in [3.05, 3.63) is 0 Å². The number of rotatable bonds is 14. The topological polar surface area (TPSA) is 111 Å². The first-order chi connectivity index (χ1) is 11.8. The average molecular weight is 346 g/mol. The normalized spacial score (nSPS) is 16.2. The highest BCUT2D eigenvalue weighted by Gasteiger charge is 2.21. The number of amides is 1. The molecule has 1 amide bonds. The summed E-state index contributed by atoms with van der Waals surface area (Å²) in [5, 5.41) is 12.6. The third-order valence-corrected chi connectivity index (χ3v) is 3.18. The van der Waals surface area contributed by atoms with Crippen molar-refractivity contribution in [1.82, 2.24) is 10.3 Å². The van der Waals surface area contributed by atoms with Crippen molar-refractivity contribution in [1.29, 1.82) is 0 Å². The Morgan fingerprint density at radius 2 is 2.08 bits per heavy atom. The maximum atomic E-state index is 11.5. The third kappa shape index (κ3) is 9.26. The number of carbonyl (C=O) groups is 2. The van der Waals surface area contributed by atoms with E-state index in [9.17, 15) is 9.59 Å². The Bertz CT molecular complexity index is 382. The molecule has 24 heavy (non-hydrogen) atoms. The zero-order chi connectivity index (χ0) is 17.5. The van der Waals surface area contributed by atoms with E-state index in [1.807, 2.05) is 11.9 Å². The van der Waals surface area contributed by atoms with E-state index in [1.165, 1.54) is 0 Å². The molecule has 0 radical (unpaired) electrons. The Balaban J connectivity index is 2.05. The van der Waals surface area contributed by atoms with Crippen LogP contribution in [0.5, 0.6) is 0 Å². The fourth-order valence-electron chi connectivity index (χ4n) is 1.99.